The number of nitrogens with one attached hydrogen (secondary N) is 1. The van der Waals surface area contributed by atoms with Gasteiger partial charge in [-0.2, -0.15) is 0 Å². The fourth-order valence-electron chi connectivity index (χ4n) is 2.96. The summed E-state index contributed by atoms with van der Waals surface area (Å²) in [6.07, 6.45) is 3.78. The normalized spacial score (nSPS) is 19.0. The average Bonchev–Trinajstić information content (AvgIpc) is 2.43. The van der Waals surface area contributed by atoms with Crippen molar-refractivity contribution in [2.45, 2.75) is 39.2 Å². The second kappa shape index (κ2) is 7.53. The lowest BCUT2D eigenvalue weighted by molar-refractivity contribution is 0.176. The smallest absolute Gasteiger partial charge is 0.0652 e. The van der Waals surface area contributed by atoms with E-state index in [0.717, 1.165) is 11.6 Å². The predicted molar refractivity (Wildman–Crippen MR) is 89.0 cm³/mol. The van der Waals surface area contributed by atoms with Gasteiger partial charge in [0.05, 0.1) is 10.7 Å². The van der Waals surface area contributed by atoms with Crippen LogP contribution in [0, 0.1) is 5.92 Å². The second-order valence-corrected chi connectivity index (χ2v) is 6.58. The van der Waals surface area contributed by atoms with E-state index in [1.165, 1.54) is 38.9 Å². The van der Waals surface area contributed by atoms with Gasteiger partial charge in [0.2, 0.25) is 0 Å². The fourth-order valence-corrected chi connectivity index (χ4v) is 3.43. The van der Waals surface area contributed by atoms with Crippen LogP contribution in [0.2, 0.25) is 10.0 Å². The molecule has 0 amide bonds. The van der Waals surface area contributed by atoms with Gasteiger partial charge < -0.3 is 10.2 Å². The topological polar surface area (TPSA) is 15.3 Å². The molecule has 0 spiro atoms. The lowest BCUT2D eigenvalue weighted by atomic mass is 9.90. The maximum absolute atomic E-state index is 6.22. The molecular formula is C16H24Cl2N2. The van der Waals surface area contributed by atoms with Crippen molar-refractivity contribution < 1.29 is 0 Å². The van der Waals surface area contributed by atoms with Crippen molar-refractivity contribution in [3.63, 3.8) is 0 Å². The van der Waals surface area contributed by atoms with Crippen LogP contribution in [0.25, 0.3) is 0 Å². The monoisotopic (exact) mass is 314 g/mol. The molecule has 1 fully saturated rings. The first-order valence-electron chi connectivity index (χ1n) is 7.54. The third kappa shape index (κ3) is 4.28. The Hall–Kier alpha value is -0.440. The summed E-state index contributed by atoms with van der Waals surface area (Å²) < 4.78 is 0. The number of anilines is 1. The van der Waals surface area contributed by atoms with Gasteiger partial charge in [0, 0.05) is 11.1 Å². The number of hydrogen-bond acceptors (Lipinski definition) is 2. The number of piperidine rings is 1. The quantitative estimate of drug-likeness (QED) is 0.830. The highest BCUT2D eigenvalue weighted by molar-refractivity contribution is 6.36. The largest absolute Gasteiger partial charge is 0.381 e. The molecule has 0 radical (unpaired) electrons. The van der Waals surface area contributed by atoms with Crippen LogP contribution in [0.3, 0.4) is 0 Å². The Kier molecular flexibility index (Phi) is 6.01. The van der Waals surface area contributed by atoms with Crippen molar-refractivity contribution in [3.05, 3.63) is 28.2 Å². The zero-order valence-electron chi connectivity index (χ0n) is 12.3. The summed E-state index contributed by atoms with van der Waals surface area (Å²) >= 11 is 12.2. The lowest BCUT2D eigenvalue weighted by Crippen LogP contribution is -2.39. The number of nitrogens with zero attached hydrogens (tertiary/aromatic N) is 1. The lowest BCUT2D eigenvalue weighted by Gasteiger charge is -2.35. The van der Waals surface area contributed by atoms with Crippen LogP contribution in [-0.4, -0.2) is 30.6 Å². The van der Waals surface area contributed by atoms with E-state index in [-0.39, 0.29) is 0 Å². The van der Waals surface area contributed by atoms with Gasteiger partial charge in [-0.3, -0.25) is 0 Å². The Morgan fingerprint density at radius 3 is 2.60 bits per heavy atom. The molecule has 20 heavy (non-hydrogen) atoms. The minimum Gasteiger partial charge on any atom is -0.381 e. The van der Waals surface area contributed by atoms with Gasteiger partial charge in [-0.05, 0) is 69.9 Å². The molecule has 1 aliphatic rings. The van der Waals surface area contributed by atoms with Crippen molar-refractivity contribution in [3.8, 4) is 0 Å². The molecule has 1 unspecified atom stereocenters. The minimum absolute atomic E-state index is 0.442. The second-order valence-electron chi connectivity index (χ2n) is 5.74. The molecule has 1 heterocycles. The van der Waals surface area contributed by atoms with E-state index in [9.17, 15) is 0 Å². The number of likely N-dealkylation sites (tertiary alicyclic amines) is 1. The Labute approximate surface area is 132 Å². The summed E-state index contributed by atoms with van der Waals surface area (Å²) in [7, 11) is 0. The zero-order valence-corrected chi connectivity index (χ0v) is 13.8. The highest BCUT2D eigenvalue weighted by Gasteiger charge is 2.23. The van der Waals surface area contributed by atoms with Crippen molar-refractivity contribution in [1.29, 1.82) is 0 Å². The molecule has 2 rings (SSSR count). The first kappa shape index (κ1) is 15.9. The summed E-state index contributed by atoms with van der Waals surface area (Å²) in [6, 6.07) is 6.08. The molecule has 112 valence electrons. The number of halogens is 2. The third-order valence-corrected chi connectivity index (χ3v) is 4.74. The maximum Gasteiger partial charge on any atom is 0.0652 e. The van der Waals surface area contributed by atoms with Gasteiger partial charge in [-0.15, -0.1) is 0 Å². The minimum atomic E-state index is 0.442. The Morgan fingerprint density at radius 1 is 1.30 bits per heavy atom. The zero-order chi connectivity index (χ0) is 14.5. The van der Waals surface area contributed by atoms with E-state index in [2.05, 4.69) is 24.1 Å². The summed E-state index contributed by atoms with van der Waals surface area (Å²) in [6.45, 7) is 8.18. The van der Waals surface area contributed by atoms with Crippen molar-refractivity contribution in [2.24, 2.45) is 5.92 Å². The number of rotatable bonds is 5. The molecule has 1 saturated heterocycles. The van der Waals surface area contributed by atoms with Gasteiger partial charge in [0.1, 0.15) is 0 Å². The van der Waals surface area contributed by atoms with Crippen LogP contribution in [-0.2, 0) is 0 Å². The molecule has 0 aliphatic carbocycles. The van der Waals surface area contributed by atoms with E-state index in [0.29, 0.717) is 16.1 Å². The maximum atomic E-state index is 6.22. The molecule has 1 aliphatic heterocycles. The highest BCUT2D eigenvalue weighted by Crippen LogP contribution is 2.29. The SMILES string of the molecule is CCCN1CCC(C(C)Nc2ccc(Cl)cc2Cl)CC1. The summed E-state index contributed by atoms with van der Waals surface area (Å²) in [5, 5.41) is 4.93. The average molecular weight is 315 g/mol. The van der Waals surface area contributed by atoms with E-state index >= 15 is 0 Å². The van der Waals surface area contributed by atoms with Crippen LogP contribution in [0.5, 0.6) is 0 Å². The van der Waals surface area contributed by atoms with Crippen LogP contribution in [0.4, 0.5) is 5.69 Å². The predicted octanol–water partition coefficient (Wildman–Crippen LogP) is 4.92. The molecule has 1 atom stereocenters. The summed E-state index contributed by atoms with van der Waals surface area (Å²) in [5.41, 5.74) is 0.986. The van der Waals surface area contributed by atoms with Crippen LogP contribution >= 0.6 is 23.2 Å². The molecule has 0 aromatic heterocycles. The summed E-state index contributed by atoms with van der Waals surface area (Å²) in [4.78, 5) is 2.57. The van der Waals surface area contributed by atoms with Crippen molar-refractivity contribution in [2.75, 3.05) is 25.0 Å². The van der Waals surface area contributed by atoms with Gasteiger partial charge in [0.15, 0.2) is 0 Å². The molecule has 1 aromatic rings. The van der Waals surface area contributed by atoms with Crippen molar-refractivity contribution >= 4 is 28.9 Å². The van der Waals surface area contributed by atoms with Gasteiger partial charge >= 0.3 is 0 Å². The van der Waals surface area contributed by atoms with E-state index < -0.39 is 0 Å². The third-order valence-electron chi connectivity index (χ3n) is 4.19. The Morgan fingerprint density at radius 2 is 2.00 bits per heavy atom. The number of benzene rings is 1. The molecule has 4 heteroatoms. The van der Waals surface area contributed by atoms with Gasteiger partial charge in [-0.25, -0.2) is 0 Å². The molecule has 2 nitrogen and oxygen atoms in total. The number of hydrogen-bond donors (Lipinski definition) is 1. The van der Waals surface area contributed by atoms with Gasteiger partial charge in [-0.1, -0.05) is 30.1 Å². The van der Waals surface area contributed by atoms with Crippen LogP contribution in [0.1, 0.15) is 33.1 Å². The fraction of sp³-hybridized carbons (Fsp3) is 0.625. The van der Waals surface area contributed by atoms with E-state index in [1.54, 1.807) is 6.07 Å². The van der Waals surface area contributed by atoms with Crippen LogP contribution in [0.15, 0.2) is 18.2 Å². The first-order valence-corrected chi connectivity index (χ1v) is 8.29. The Bertz CT molecular complexity index is 428. The molecule has 1 N–H and O–H groups in total. The summed E-state index contributed by atoms with van der Waals surface area (Å²) in [5.74, 6) is 0.717. The van der Waals surface area contributed by atoms with E-state index in [1.807, 2.05) is 12.1 Å². The first-order chi connectivity index (χ1) is 9.60. The molecule has 0 bridgehead atoms. The standard InChI is InChI=1S/C16H24Cl2N2/c1-3-8-20-9-6-13(7-10-20)12(2)19-16-5-4-14(17)11-15(16)18/h4-5,11-13,19H,3,6-10H2,1-2H3. The van der Waals surface area contributed by atoms with Crippen LogP contribution < -0.4 is 5.32 Å². The highest BCUT2D eigenvalue weighted by atomic mass is 35.5. The van der Waals surface area contributed by atoms with E-state index in [4.69, 9.17) is 23.2 Å². The molecular weight excluding hydrogens is 291 g/mol. The molecule has 1 aromatic carbocycles. The molecule has 0 saturated carbocycles. The van der Waals surface area contributed by atoms with Crippen molar-refractivity contribution in [1.82, 2.24) is 4.90 Å². The van der Waals surface area contributed by atoms with Gasteiger partial charge in [0.25, 0.3) is 0 Å². The Balaban J connectivity index is 1.87.